The van der Waals surface area contributed by atoms with Gasteiger partial charge in [-0.3, -0.25) is 9.78 Å². The Balaban J connectivity index is 0.00000361. The summed E-state index contributed by atoms with van der Waals surface area (Å²) in [5, 5.41) is 5.68. The lowest BCUT2D eigenvalue weighted by Crippen LogP contribution is -2.35. The number of hydrogen-bond acceptors (Lipinski definition) is 3. The van der Waals surface area contributed by atoms with E-state index in [-0.39, 0.29) is 42.4 Å². The molecule has 0 aliphatic rings. The molecular formula is C13H22IN5O. The van der Waals surface area contributed by atoms with Crippen molar-refractivity contribution in [1.29, 1.82) is 0 Å². The van der Waals surface area contributed by atoms with E-state index in [2.05, 4.69) is 20.6 Å². The number of pyridine rings is 1. The first-order chi connectivity index (χ1) is 9.22. The van der Waals surface area contributed by atoms with Crippen molar-refractivity contribution in [2.75, 3.05) is 19.6 Å². The number of guanidine groups is 1. The molecule has 0 aromatic carbocycles. The maximum Gasteiger partial charge on any atom is 0.241 e. The molecule has 0 saturated heterocycles. The minimum absolute atomic E-state index is 0. The first-order valence-electron chi connectivity index (χ1n) is 6.42. The van der Waals surface area contributed by atoms with Crippen LogP contribution in [0, 0.1) is 0 Å². The van der Waals surface area contributed by atoms with Crippen LogP contribution in [-0.4, -0.2) is 36.5 Å². The molecule has 0 radical (unpaired) electrons. The molecule has 0 spiro atoms. The van der Waals surface area contributed by atoms with E-state index in [1.165, 1.54) is 0 Å². The predicted molar refractivity (Wildman–Crippen MR) is 91.1 cm³/mol. The van der Waals surface area contributed by atoms with E-state index < -0.39 is 0 Å². The van der Waals surface area contributed by atoms with Crippen LogP contribution in [0.25, 0.3) is 0 Å². The van der Waals surface area contributed by atoms with Crippen LogP contribution < -0.4 is 16.4 Å². The fourth-order valence-corrected chi connectivity index (χ4v) is 1.40. The first-order valence-corrected chi connectivity index (χ1v) is 6.42. The molecule has 0 atom stereocenters. The van der Waals surface area contributed by atoms with Gasteiger partial charge in [-0.1, -0.05) is 13.0 Å². The third-order valence-electron chi connectivity index (χ3n) is 2.38. The van der Waals surface area contributed by atoms with E-state index in [1.54, 1.807) is 6.20 Å². The maximum absolute atomic E-state index is 11.3. The average molecular weight is 391 g/mol. The molecule has 1 heterocycles. The van der Waals surface area contributed by atoms with Crippen molar-refractivity contribution in [2.45, 2.75) is 19.8 Å². The zero-order valence-electron chi connectivity index (χ0n) is 11.6. The Labute approximate surface area is 136 Å². The van der Waals surface area contributed by atoms with Gasteiger partial charge in [0.15, 0.2) is 5.96 Å². The molecule has 1 rings (SSSR count). The van der Waals surface area contributed by atoms with Crippen LogP contribution in [0.4, 0.5) is 0 Å². The number of aliphatic imine (C=N–C) groups is 1. The lowest BCUT2D eigenvalue weighted by Gasteiger charge is -2.05. The summed E-state index contributed by atoms with van der Waals surface area (Å²) in [7, 11) is 0. The molecule has 1 amide bonds. The van der Waals surface area contributed by atoms with Gasteiger partial charge >= 0.3 is 0 Å². The van der Waals surface area contributed by atoms with E-state index >= 15 is 0 Å². The minimum Gasteiger partial charge on any atom is -0.370 e. The minimum atomic E-state index is -0.115. The van der Waals surface area contributed by atoms with E-state index in [1.807, 2.05) is 25.1 Å². The van der Waals surface area contributed by atoms with Gasteiger partial charge in [-0.15, -0.1) is 24.0 Å². The molecule has 0 fully saturated rings. The number of nitrogens with zero attached hydrogens (tertiary/aromatic N) is 2. The Bertz CT molecular complexity index is 410. The summed E-state index contributed by atoms with van der Waals surface area (Å²) in [6, 6.07) is 5.77. The molecule has 4 N–H and O–H groups in total. The Hall–Kier alpha value is -1.38. The van der Waals surface area contributed by atoms with Crippen molar-refractivity contribution in [3.05, 3.63) is 30.1 Å². The van der Waals surface area contributed by atoms with Crippen LogP contribution in [0.3, 0.4) is 0 Å². The van der Waals surface area contributed by atoms with Crippen molar-refractivity contribution in [2.24, 2.45) is 10.7 Å². The second kappa shape index (κ2) is 11.4. The second-order valence-corrected chi connectivity index (χ2v) is 4.05. The number of rotatable bonds is 7. The highest BCUT2D eigenvalue weighted by Gasteiger charge is 1.99. The van der Waals surface area contributed by atoms with Crippen LogP contribution >= 0.6 is 24.0 Å². The standard InChI is InChI=1S/C13H21N5O.HI/c1-2-7-16-12(19)10-18-13(14)17-9-6-11-5-3-4-8-15-11;/h3-5,8H,2,6-7,9-10H2,1H3,(H,16,19)(H3,14,17,18);1H. The molecule has 0 aliphatic carbocycles. The fraction of sp³-hybridized carbons (Fsp3) is 0.462. The zero-order valence-corrected chi connectivity index (χ0v) is 14.0. The number of carbonyl (C=O) groups is 1. The molecule has 1 aromatic heterocycles. The Morgan fingerprint density at radius 3 is 2.80 bits per heavy atom. The summed E-state index contributed by atoms with van der Waals surface area (Å²) in [6.45, 7) is 3.36. The smallest absolute Gasteiger partial charge is 0.241 e. The number of aromatic nitrogens is 1. The van der Waals surface area contributed by atoms with Crippen molar-refractivity contribution < 1.29 is 4.79 Å². The third kappa shape index (κ3) is 8.68. The number of hydrogen-bond donors (Lipinski definition) is 3. The lowest BCUT2D eigenvalue weighted by molar-refractivity contribution is -0.119. The van der Waals surface area contributed by atoms with Crippen molar-refractivity contribution in [1.82, 2.24) is 15.6 Å². The molecule has 6 nitrogen and oxygen atoms in total. The van der Waals surface area contributed by atoms with Gasteiger partial charge < -0.3 is 16.4 Å². The molecule has 20 heavy (non-hydrogen) atoms. The van der Waals surface area contributed by atoms with E-state index in [4.69, 9.17) is 5.73 Å². The number of halogens is 1. The fourth-order valence-electron chi connectivity index (χ4n) is 1.40. The van der Waals surface area contributed by atoms with Crippen LogP contribution in [-0.2, 0) is 11.2 Å². The molecule has 0 aliphatic heterocycles. The summed E-state index contributed by atoms with van der Waals surface area (Å²) >= 11 is 0. The number of nitrogens with one attached hydrogen (secondary N) is 2. The topological polar surface area (TPSA) is 92.4 Å². The van der Waals surface area contributed by atoms with Crippen LogP contribution in [0.15, 0.2) is 29.4 Å². The Morgan fingerprint density at radius 2 is 2.15 bits per heavy atom. The normalized spacial score (nSPS) is 10.6. The molecular weight excluding hydrogens is 369 g/mol. The molecule has 0 bridgehead atoms. The van der Waals surface area contributed by atoms with Gasteiger partial charge in [-0.25, -0.2) is 4.99 Å². The molecule has 0 unspecified atom stereocenters. The van der Waals surface area contributed by atoms with Gasteiger partial charge in [0.2, 0.25) is 5.91 Å². The Kier molecular flexibility index (Phi) is 10.7. The highest BCUT2D eigenvalue weighted by Crippen LogP contribution is 1.92. The van der Waals surface area contributed by atoms with E-state index in [0.29, 0.717) is 13.1 Å². The molecule has 1 aromatic rings. The summed E-state index contributed by atoms with van der Waals surface area (Å²) < 4.78 is 0. The summed E-state index contributed by atoms with van der Waals surface area (Å²) in [5.41, 5.74) is 6.64. The average Bonchev–Trinajstić information content (AvgIpc) is 2.44. The third-order valence-corrected chi connectivity index (χ3v) is 2.38. The van der Waals surface area contributed by atoms with Crippen molar-refractivity contribution in [3.63, 3.8) is 0 Å². The second-order valence-electron chi connectivity index (χ2n) is 4.05. The largest absolute Gasteiger partial charge is 0.370 e. The maximum atomic E-state index is 11.3. The van der Waals surface area contributed by atoms with E-state index in [9.17, 15) is 4.79 Å². The monoisotopic (exact) mass is 391 g/mol. The Morgan fingerprint density at radius 1 is 1.35 bits per heavy atom. The van der Waals surface area contributed by atoms with Gasteiger partial charge in [0.05, 0.1) is 0 Å². The van der Waals surface area contributed by atoms with Crippen LogP contribution in [0.1, 0.15) is 19.0 Å². The number of carbonyl (C=O) groups excluding carboxylic acids is 1. The van der Waals surface area contributed by atoms with Gasteiger partial charge in [0.1, 0.15) is 6.54 Å². The summed E-state index contributed by atoms with van der Waals surface area (Å²) in [5.74, 6) is 0.166. The predicted octanol–water partition coefficient (Wildman–Crippen LogP) is 0.673. The van der Waals surface area contributed by atoms with E-state index in [0.717, 1.165) is 18.5 Å². The lowest BCUT2D eigenvalue weighted by atomic mass is 10.3. The highest BCUT2D eigenvalue weighted by molar-refractivity contribution is 14.0. The molecule has 0 saturated carbocycles. The highest BCUT2D eigenvalue weighted by atomic mass is 127. The summed E-state index contributed by atoms with van der Waals surface area (Å²) in [6.07, 6.45) is 3.43. The molecule has 7 heteroatoms. The van der Waals surface area contributed by atoms with Gasteiger partial charge in [0, 0.05) is 31.4 Å². The summed E-state index contributed by atoms with van der Waals surface area (Å²) in [4.78, 5) is 19.4. The number of amides is 1. The number of nitrogens with two attached hydrogens (primary N) is 1. The van der Waals surface area contributed by atoms with Crippen molar-refractivity contribution in [3.8, 4) is 0 Å². The SMILES string of the molecule is CCCNC(=O)CN=C(N)NCCc1ccccn1.I. The zero-order chi connectivity index (χ0) is 13.9. The van der Waals surface area contributed by atoms with Gasteiger partial charge in [0.25, 0.3) is 0 Å². The van der Waals surface area contributed by atoms with Gasteiger partial charge in [-0.2, -0.15) is 0 Å². The van der Waals surface area contributed by atoms with Crippen LogP contribution in [0.5, 0.6) is 0 Å². The molecule has 112 valence electrons. The first kappa shape index (κ1) is 18.6. The quantitative estimate of drug-likeness (QED) is 0.362. The van der Waals surface area contributed by atoms with Crippen molar-refractivity contribution >= 4 is 35.8 Å². The van der Waals surface area contributed by atoms with Crippen LogP contribution in [0.2, 0.25) is 0 Å². The van der Waals surface area contributed by atoms with Gasteiger partial charge in [-0.05, 0) is 18.6 Å².